The van der Waals surface area contributed by atoms with Gasteiger partial charge in [-0.05, 0) is 25.5 Å². The van der Waals surface area contributed by atoms with Crippen LogP contribution in [0, 0.1) is 0 Å². The van der Waals surface area contributed by atoms with Gasteiger partial charge in [0.2, 0.25) is 5.91 Å². The van der Waals surface area contributed by atoms with E-state index in [0.29, 0.717) is 24.7 Å². The van der Waals surface area contributed by atoms with Crippen molar-refractivity contribution in [1.82, 2.24) is 15.1 Å². The summed E-state index contributed by atoms with van der Waals surface area (Å²) in [5.74, 6) is -0.522. The molecular formula is C17H23ClF3N3O. The van der Waals surface area contributed by atoms with Crippen LogP contribution in [-0.4, -0.2) is 60.6 Å². The van der Waals surface area contributed by atoms with Gasteiger partial charge >= 0.3 is 6.18 Å². The Balaban J connectivity index is 2.14. The number of nitrogens with zero attached hydrogens (tertiary/aromatic N) is 2. The van der Waals surface area contributed by atoms with Crippen LogP contribution in [0.3, 0.4) is 0 Å². The number of carbonyl (C=O) groups is 1. The Morgan fingerprint density at radius 1 is 1.40 bits per heavy atom. The van der Waals surface area contributed by atoms with Crippen molar-refractivity contribution in [2.24, 2.45) is 0 Å². The minimum absolute atomic E-state index is 0.0637. The molecule has 2 rings (SSSR count). The highest BCUT2D eigenvalue weighted by molar-refractivity contribution is 6.31. The number of hydrogen-bond acceptors (Lipinski definition) is 3. The third kappa shape index (κ3) is 5.59. The van der Waals surface area contributed by atoms with Crippen LogP contribution in [0.15, 0.2) is 24.3 Å². The summed E-state index contributed by atoms with van der Waals surface area (Å²) in [5.41, 5.74) is 0.871. The highest BCUT2D eigenvalue weighted by atomic mass is 35.5. The second-order valence-corrected chi connectivity index (χ2v) is 6.85. The lowest BCUT2D eigenvalue weighted by molar-refractivity contribution is -0.165. The first-order valence-corrected chi connectivity index (χ1v) is 8.62. The number of nitrogens with one attached hydrogen (secondary N) is 1. The smallest absolute Gasteiger partial charge is 0.330 e. The van der Waals surface area contributed by atoms with E-state index in [1.54, 1.807) is 19.9 Å². The Labute approximate surface area is 150 Å². The fourth-order valence-electron chi connectivity index (χ4n) is 3.00. The molecule has 0 spiro atoms. The van der Waals surface area contributed by atoms with Gasteiger partial charge in [-0.25, -0.2) is 0 Å². The van der Waals surface area contributed by atoms with Crippen molar-refractivity contribution in [3.63, 3.8) is 0 Å². The summed E-state index contributed by atoms with van der Waals surface area (Å²) >= 11 is 6.26. The van der Waals surface area contributed by atoms with E-state index in [1.807, 2.05) is 23.1 Å². The van der Waals surface area contributed by atoms with Crippen molar-refractivity contribution in [3.05, 3.63) is 34.9 Å². The zero-order chi connectivity index (χ0) is 18.6. The first kappa shape index (κ1) is 20.0. The molecule has 140 valence electrons. The molecule has 1 aliphatic rings. The Morgan fingerprint density at radius 2 is 2.08 bits per heavy atom. The molecule has 1 saturated heterocycles. The van der Waals surface area contributed by atoms with Crippen LogP contribution in [-0.2, 0) is 4.79 Å². The predicted octanol–water partition coefficient (Wildman–Crippen LogP) is 3.09. The standard InChI is InChI=1S/C17H23ClF3N3O/c1-12(2)24(11-17(19,20)21)16(25)10-23-8-7-22-9-15(23)13-5-3-4-6-14(13)18/h3-6,12,15,22H,7-11H2,1-2H3. The molecule has 1 unspecified atom stereocenters. The molecule has 1 fully saturated rings. The Bertz CT molecular complexity index is 595. The van der Waals surface area contributed by atoms with Gasteiger partial charge in [-0.15, -0.1) is 0 Å². The van der Waals surface area contributed by atoms with E-state index in [1.165, 1.54) is 0 Å². The molecule has 0 aliphatic carbocycles. The van der Waals surface area contributed by atoms with Crippen LogP contribution in [0.25, 0.3) is 0 Å². The van der Waals surface area contributed by atoms with Crippen LogP contribution in [0.1, 0.15) is 25.5 Å². The summed E-state index contributed by atoms with van der Waals surface area (Å²) in [6, 6.07) is 6.67. The lowest BCUT2D eigenvalue weighted by atomic mass is 10.0. The second kappa shape index (κ2) is 8.38. The van der Waals surface area contributed by atoms with Gasteiger partial charge in [0.15, 0.2) is 0 Å². The van der Waals surface area contributed by atoms with Gasteiger partial charge in [0, 0.05) is 36.7 Å². The molecule has 25 heavy (non-hydrogen) atoms. The third-order valence-corrected chi connectivity index (χ3v) is 4.59. The van der Waals surface area contributed by atoms with Gasteiger partial charge in [-0.1, -0.05) is 29.8 Å². The molecule has 4 nitrogen and oxygen atoms in total. The highest BCUT2D eigenvalue weighted by Crippen LogP contribution is 2.28. The summed E-state index contributed by atoms with van der Waals surface area (Å²) in [7, 11) is 0. The number of rotatable bonds is 5. The van der Waals surface area contributed by atoms with Gasteiger partial charge in [-0.3, -0.25) is 9.69 Å². The molecule has 1 aromatic rings. The van der Waals surface area contributed by atoms with Gasteiger partial charge in [0.25, 0.3) is 0 Å². The van der Waals surface area contributed by atoms with Gasteiger partial charge in [-0.2, -0.15) is 13.2 Å². The van der Waals surface area contributed by atoms with Crippen molar-refractivity contribution in [2.45, 2.75) is 32.1 Å². The number of piperazine rings is 1. The van der Waals surface area contributed by atoms with E-state index < -0.39 is 24.7 Å². The maximum Gasteiger partial charge on any atom is 0.406 e. The van der Waals surface area contributed by atoms with E-state index in [9.17, 15) is 18.0 Å². The largest absolute Gasteiger partial charge is 0.406 e. The maximum absolute atomic E-state index is 12.8. The monoisotopic (exact) mass is 377 g/mol. The van der Waals surface area contributed by atoms with Crippen molar-refractivity contribution in [1.29, 1.82) is 0 Å². The van der Waals surface area contributed by atoms with E-state index in [4.69, 9.17) is 11.6 Å². The number of carbonyl (C=O) groups excluding carboxylic acids is 1. The number of benzene rings is 1. The zero-order valence-corrected chi connectivity index (χ0v) is 15.1. The second-order valence-electron chi connectivity index (χ2n) is 6.44. The fraction of sp³-hybridized carbons (Fsp3) is 0.588. The lowest BCUT2D eigenvalue weighted by Gasteiger charge is -2.38. The van der Waals surface area contributed by atoms with Crippen LogP contribution < -0.4 is 5.32 Å². The van der Waals surface area contributed by atoms with E-state index in [-0.39, 0.29) is 12.6 Å². The number of halogens is 4. The number of hydrogen-bond donors (Lipinski definition) is 1. The maximum atomic E-state index is 12.8. The molecule has 0 bridgehead atoms. The SMILES string of the molecule is CC(C)N(CC(F)(F)F)C(=O)CN1CCNCC1c1ccccc1Cl. The first-order chi connectivity index (χ1) is 11.7. The highest BCUT2D eigenvalue weighted by Gasteiger charge is 2.36. The molecule has 1 aliphatic heterocycles. The third-order valence-electron chi connectivity index (χ3n) is 4.25. The molecule has 1 heterocycles. The zero-order valence-electron chi connectivity index (χ0n) is 14.3. The Kier molecular flexibility index (Phi) is 6.71. The molecule has 1 atom stereocenters. The summed E-state index contributed by atoms with van der Waals surface area (Å²) < 4.78 is 38.3. The molecule has 0 aromatic heterocycles. The van der Waals surface area contributed by atoms with E-state index >= 15 is 0 Å². The van der Waals surface area contributed by atoms with Gasteiger partial charge in [0.05, 0.1) is 6.54 Å². The molecule has 8 heteroatoms. The van der Waals surface area contributed by atoms with E-state index in [0.717, 1.165) is 10.5 Å². The van der Waals surface area contributed by atoms with Crippen molar-refractivity contribution < 1.29 is 18.0 Å². The molecule has 1 amide bonds. The Morgan fingerprint density at radius 3 is 2.68 bits per heavy atom. The van der Waals surface area contributed by atoms with Crippen molar-refractivity contribution in [3.8, 4) is 0 Å². The average Bonchev–Trinajstić information content (AvgIpc) is 2.53. The fourth-order valence-corrected chi connectivity index (χ4v) is 3.27. The van der Waals surface area contributed by atoms with Crippen LogP contribution in [0.5, 0.6) is 0 Å². The number of amides is 1. The summed E-state index contributed by atoms with van der Waals surface area (Å²) in [4.78, 5) is 15.3. The quantitative estimate of drug-likeness (QED) is 0.856. The average molecular weight is 378 g/mol. The van der Waals surface area contributed by atoms with Gasteiger partial charge in [0.1, 0.15) is 6.54 Å². The Hall–Kier alpha value is -1.31. The number of alkyl halides is 3. The van der Waals surface area contributed by atoms with E-state index in [2.05, 4.69) is 5.32 Å². The molecule has 1 aromatic carbocycles. The summed E-state index contributed by atoms with van der Waals surface area (Å²) in [5, 5.41) is 3.84. The van der Waals surface area contributed by atoms with Crippen LogP contribution in [0.4, 0.5) is 13.2 Å². The summed E-state index contributed by atoms with van der Waals surface area (Å²) in [6.07, 6.45) is -4.41. The minimum Gasteiger partial charge on any atom is -0.330 e. The topological polar surface area (TPSA) is 35.6 Å². The predicted molar refractivity (Wildman–Crippen MR) is 91.5 cm³/mol. The molecular weight excluding hydrogens is 355 g/mol. The van der Waals surface area contributed by atoms with Crippen LogP contribution in [0.2, 0.25) is 5.02 Å². The summed E-state index contributed by atoms with van der Waals surface area (Å²) in [6.45, 7) is 3.73. The minimum atomic E-state index is -4.41. The van der Waals surface area contributed by atoms with Crippen molar-refractivity contribution in [2.75, 3.05) is 32.7 Å². The van der Waals surface area contributed by atoms with Crippen molar-refractivity contribution >= 4 is 17.5 Å². The van der Waals surface area contributed by atoms with Gasteiger partial charge < -0.3 is 10.2 Å². The molecule has 0 saturated carbocycles. The normalized spacial score (nSPS) is 19.2. The van der Waals surface area contributed by atoms with Crippen LogP contribution >= 0.6 is 11.6 Å². The first-order valence-electron chi connectivity index (χ1n) is 8.24. The lowest BCUT2D eigenvalue weighted by Crippen LogP contribution is -2.52. The molecule has 1 N–H and O–H groups in total. The molecule has 0 radical (unpaired) electrons.